The lowest BCUT2D eigenvalue weighted by molar-refractivity contribution is -0.119. The van der Waals surface area contributed by atoms with E-state index in [1.165, 1.54) is 0 Å². The number of halogens is 1. The van der Waals surface area contributed by atoms with Crippen LogP contribution in [-0.2, 0) is 10.5 Å². The van der Waals surface area contributed by atoms with Gasteiger partial charge in [0.15, 0.2) is 0 Å². The normalized spacial score (nSPS) is 17.6. The summed E-state index contributed by atoms with van der Waals surface area (Å²) < 4.78 is 11.4. The zero-order chi connectivity index (χ0) is 19.4. The summed E-state index contributed by atoms with van der Waals surface area (Å²) >= 11 is 7.58. The number of thioether (sulfide) groups is 1. The van der Waals surface area contributed by atoms with Crippen molar-refractivity contribution in [2.24, 2.45) is 0 Å². The van der Waals surface area contributed by atoms with E-state index in [2.05, 4.69) is 5.32 Å². The van der Waals surface area contributed by atoms with Crippen LogP contribution < -0.4 is 14.8 Å². The summed E-state index contributed by atoms with van der Waals surface area (Å²) in [6.45, 7) is 4.06. The number of rotatable bonds is 6. The van der Waals surface area contributed by atoms with E-state index in [0.717, 1.165) is 34.8 Å². The van der Waals surface area contributed by atoms with E-state index < -0.39 is 0 Å². The van der Waals surface area contributed by atoms with Gasteiger partial charge in [-0.05, 0) is 43.7 Å². The Labute approximate surface area is 169 Å². The lowest BCUT2D eigenvalue weighted by Crippen LogP contribution is -2.41. The maximum atomic E-state index is 12.5. The Morgan fingerprint density at radius 1 is 1.33 bits per heavy atom. The van der Waals surface area contributed by atoms with E-state index in [1.54, 1.807) is 18.9 Å². The maximum absolute atomic E-state index is 12.5. The molecule has 0 fully saturated rings. The summed E-state index contributed by atoms with van der Waals surface area (Å²) in [6.07, 6.45) is 0.719. The third-order valence-electron chi connectivity index (χ3n) is 4.40. The average Bonchev–Trinajstić information content (AvgIpc) is 2.60. The fourth-order valence-electron chi connectivity index (χ4n) is 3.21. The molecule has 0 aromatic heterocycles. The second-order valence-electron chi connectivity index (χ2n) is 7.21. The third kappa shape index (κ3) is 5.33. The van der Waals surface area contributed by atoms with Gasteiger partial charge in [-0.1, -0.05) is 23.7 Å². The maximum Gasteiger partial charge on any atom is 0.230 e. The fraction of sp³-hybridized carbons (Fsp3) is 0.381. The molecule has 4 nitrogen and oxygen atoms in total. The van der Waals surface area contributed by atoms with Gasteiger partial charge < -0.3 is 14.8 Å². The molecular weight excluding hydrogens is 382 g/mol. The first kappa shape index (κ1) is 19.9. The molecule has 1 heterocycles. The van der Waals surface area contributed by atoms with Crippen LogP contribution in [0.3, 0.4) is 0 Å². The van der Waals surface area contributed by atoms with Crippen LogP contribution in [0.2, 0.25) is 5.02 Å². The van der Waals surface area contributed by atoms with Crippen LogP contribution in [0.4, 0.5) is 0 Å². The summed E-state index contributed by atoms with van der Waals surface area (Å²) in [7, 11) is 1.63. The first-order valence-electron chi connectivity index (χ1n) is 8.85. The summed E-state index contributed by atoms with van der Waals surface area (Å²) in [5.41, 5.74) is 1.75. The van der Waals surface area contributed by atoms with Crippen molar-refractivity contribution in [1.82, 2.24) is 5.32 Å². The molecule has 2 aromatic rings. The molecule has 2 aromatic carbocycles. The van der Waals surface area contributed by atoms with Crippen molar-refractivity contribution in [3.63, 3.8) is 0 Å². The standard InChI is InChI=1S/C21H24ClNO3S/c1-21(2)11-18(17-8-7-16(25-3)10-19(17)26-21)23-20(24)13-27-12-14-5-4-6-15(22)9-14/h4-10,18H,11-13H2,1-3H3,(H,23,24)/t18-/m1/s1. The van der Waals surface area contributed by atoms with Gasteiger partial charge in [-0.25, -0.2) is 0 Å². The predicted octanol–water partition coefficient (Wildman–Crippen LogP) is 5.00. The van der Waals surface area contributed by atoms with Crippen molar-refractivity contribution >= 4 is 29.3 Å². The molecule has 0 unspecified atom stereocenters. The summed E-state index contributed by atoms with van der Waals surface area (Å²) in [6, 6.07) is 13.4. The molecule has 0 spiro atoms. The van der Waals surface area contributed by atoms with Gasteiger partial charge in [0.05, 0.1) is 18.9 Å². The number of carbonyl (C=O) groups excluding carboxylic acids is 1. The van der Waals surface area contributed by atoms with Crippen LogP contribution in [0.25, 0.3) is 0 Å². The monoisotopic (exact) mass is 405 g/mol. The van der Waals surface area contributed by atoms with E-state index in [0.29, 0.717) is 10.8 Å². The van der Waals surface area contributed by atoms with Crippen molar-refractivity contribution in [3.05, 3.63) is 58.6 Å². The second kappa shape index (κ2) is 8.44. The minimum Gasteiger partial charge on any atom is -0.497 e. The number of fused-ring (bicyclic) bond motifs is 1. The van der Waals surface area contributed by atoms with Crippen LogP contribution >= 0.6 is 23.4 Å². The highest BCUT2D eigenvalue weighted by Gasteiger charge is 2.34. The molecule has 1 aliphatic rings. The van der Waals surface area contributed by atoms with E-state index >= 15 is 0 Å². The van der Waals surface area contributed by atoms with Gasteiger partial charge in [-0.2, -0.15) is 0 Å². The number of hydrogen-bond acceptors (Lipinski definition) is 4. The van der Waals surface area contributed by atoms with E-state index in [9.17, 15) is 4.79 Å². The molecule has 0 aliphatic carbocycles. The molecule has 0 radical (unpaired) electrons. The molecule has 6 heteroatoms. The van der Waals surface area contributed by atoms with Gasteiger partial charge in [0.25, 0.3) is 0 Å². The Kier molecular flexibility index (Phi) is 6.22. The highest BCUT2D eigenvalue weighted by atomic mass is 35.5. The van der Waals surface area contributed by atoms with Gasteiger partial charge >= 0.3 is 0 Å². The molecular formula is C21H24ClNO3S. The van der Waals surface area contributed by atoms with Crippen LogP contribution in [0, 0.1) is 0 Å². The number of methoxy groups -OCH3 is 1. The summed E-state index contributed by atoms with van der Waals surface area (Å²) in [5, 5.41) is 3.88. The van der Waals surface area contributed by atoms with Crippen LogP contribution in [0.1, 0.15) is 37.4 Å². The first-order valence-corrected chi connectivity index (χ1v) is 10.4. The molecule has 27 heavy (non-hydrogen) atoms. The van der Waals surface area contributed by atoms with Gasteiger partial charge in [-0.3, -0.25) is 4.79 Å². The molecule has 0 saturated heterocycles. The minimum atomic E-state index is -0.356. The molecule has 1 atom stereocenters. The number of nitrogens with one attached hydrogen (secondary N) is 1. The highest BCUT2D eigenvalue weighted by Crippen LogP contribution is 2.41. The van der Waals surface area contributed by atoms with Gasteiger partial charge in [0.2, 0.25) is 5.91 Å². The van der Waals surface area contributed by atoms with Crippen LogP contribution in [-0.4, -0.2) is 24.4 Å². The molecule has 1 aliphatic heterocycles. The van der Waals surface area contributed by atoms with Gasteiger partial charge in [-0.15, -0.1) is 11.8 Å². The largest absolute Gasteiger partial charge is 0.497 e. The smallest absolute Gasteiger partial charge is 0.230 e. The number of amides is 1. The van der Waals surface area contributed by atoms with Gasteiger partial charge in [0.1, 0.15) is 17.1 Å². The molecule has 1 amide bonds. The Hall–Kier alpha value is -1.85. The Balaban J connectivity index is 1.62. The van der Waals surface area contributed by atoms with Crippen molar-refractivity contribution in [3.8, 4) is 11.5 Å². The topological polar surface area (TPSA) is 47.6 Å². The SMILES string of the molecule is COc1ccc2c(c1)OC(C)(C)C[C@H]2NC(=O)CSCc1cccc(Cl)c1. The number of carbonyl (C=O) groups is 1. The van der Waals surface area contributed by atoms with E-state index in [4.69, 9.17) is 21.1 Å². The lowest BCUT2D eigenvalue weighted by Gasteiger charge is -2.38. The van der Waals surface area contributed by atoms with Crippen molar-refractivity contribution in [2.45, 2.75) is 37.7 Å². The molecule has 0 saturated carbocycles. The number of benzene rings is 2. The van der Waals surface area contributed by atoms with Crippen molar-refractivity contribution in [1.29, 1.82) is 0 Å². The van der Waals surface area contributed by atoms with E-state index in [-0.39, 0.29) is 17.6 Å². The minimum absolute atomic E-state index is 0.0199. The van der Waals surface area contributed by atoms with Crippen LogP contribution in [0.15, 0.2) is 42.5 Å². The molecule has 144 valence electrons. The second-order valence-corrected chi connectivity index (χ2v) is 8.63. The predicted molar refractivity (Wildman–Crippen MR) is 111 cm³/mol. The molecule has 0 bridgehead atoms. The molecule has 3 rings (SSSR count). The first-order chi connectivity index (χ1) is 12.9. The van der Waals surface area contributed by atoms with Crippen LogP contribution in [0.5, 0.6) is 11.5 Å². The quantitative estimate of drug-likeness (QED) is 0.734. The highest BCUT2D eigenvalue weighted by molar-refractivity contribution is 7.99. The fourth-order valence-corrected chi connectivity index (χ4v) is 4.21. The van der Waals surface area contributed by atoms with Gasteiger partial charge in [0, 0.05) is 28.8 Å². The van der Waals surface area contributed by atoms with Crippen molar-refractivity contribution < 1.29 is 14.3 Å². The number of ether oxygens (including phenoxy) is 2. The van der Waals surface area contributed by atoms with Crippen molar-refractivity contribution in [2.75, 3.05) is 12.9 Å². The summed E-state index contributed by atoms with van der Waals surface area (Å²) in [5.74, 6) is 2.68. The Morgan fingerprint density at radius 2 is 2.15 bits per heavy atom. The lowest BCUT2D eigenvalue weighted by atomic mass is 9.89. The third-order valence-corrected chi connectivity index (χ3v) is 5.64. The zero-order valence-electron chi connectivity index (χ0n) is 15.8. The average molecular weight is 406 g/mol. The Morgan fingerprint density at radius 3 is 2.89 bits per heavy atom. The summed E-state index contributed by atoms with van der Waals surface area (Å²) in [4.78, 5) is 12.5. The van der Waals surface area contributed by atoms with E-state index in [1.807, 2.05) is 56.3 Å². The molecule has 1 N–H and O–H groups in total. The Bertz CT molecular complexity index is 825. The zero-order valence-corrected chi connectivity index (χ0v) is 17.3. The number of hydrogen-bond donors (Lipinski definition) is 1.